The third kappa shape index (κ3) is 12.2. The molecule has 0 unspecified atom stereocenters. The van der Waals surface area contributed by atoms with Crippen molar-refractivity contribution < 1.29 is 46.2 Å². The molecule has 6 aromatic carbocycles. The summed E-state index contributed by atoms with van der Waals surface area (Å²) in [5, 5.41) is 22.7. The molecule has 0 atom stereocenters. The van der Waals surface area contributed by atoms with E-state index < -0.39 is 33.1 Å². The average Bonchev–Trinajstić information content (AvgIpc) is 3.45. The first-order valence-corrected chi connectivity index (χ1v) is 25.6. The Bertz CT molecular complexity index is 2800. The number of methoxy groups -OCH3 is 2. The molecular weight excluding hydrogens is 907 g/mol. The van der Waals surface area contributed by atoms with Crippen molar-refractivity contribution in [3.63, 3.8) is 0 Å². The van der Waals surface area contributed by atoms with Gasteiger partial charge in [-0.3, -0.25) is 0 Å². The van der Waals surface area contributed by atoms with Gasteiger partial charge >= 0.3 is 16.8 Å². The highest BCUT2D eigenvalue weighted by Gasteiger charge is 2.31. The second-order valence-electron chi connectivity index (χ2n) is 20.9. The summed E-state index contributed by atoms with van der Waals surface area (Å²) >= 11 is 0. The smallest absolute Gasteiger partial charge is 0.497 e. The first kappa shape index (κ1) is 51.2. The topological polar surface area (TPSA) is 122 Å². The van der Waals surface area contributed by atoms with Gasteiger partial charge < -0.3 is 46.2 Å². The fraction of sp³-hybridized carbons (Fsp3) is 0.368. The molecule has 12 heteroatoms. The van der Waals surface area contributed by atoms with E-state index >= 15 is 0 Å². The summed E-state index contributed by atoms with van der Waals surface area (Å²) in [4.78, 5) is 0. The average molecular weight is 975 g/mol. The zero-order valence-electron chi connectivity index (χ0n) is 42.4. The first-order valence-electron chi connectivity index (χ1n) is 23.4. The lowest BCUT2D eigenvalue weighted by atomic mass is 9.83. The minimum atomic E-state index is -2.22. The van der Waals surface area contributed by atoms with Gasteiger partial charge in [0.05, 0.1) is 27.4 Å². The Morgan fingerprint density at radius 3 is 1.38 bits per heavy atom. The molecule has 0 radical (unpaired) electrons. The van der Waals surface area contributed by atoms with Crippen LogP contribution < -0.4 is 27.6 Å². The number of hydrogen-bond donors (Lipinski definition) is 2. The second kappa shape index (κ2) is 21.2. The van der Waals surface area contributed by atoms with Gasteiger partial charge in [0.1, 0.15) is 45.7 Å². The number of aliphatic hydroxyl groups excluding tert-OH is 2. The minimum Gasteiger partial charge on any atom is -0.497 e. The monoisotopic (exact) mass is 974 g/mol. The van der Waals surface area contributed by atoms with Crippen LogP contribution in [0.1, 0.15) is 121 Å². The van der Waals surface area contributed by atoms with E-state index in [4.69, 9.17) is 36.0 Å². The van der Waals surface area contributed by atoms with Crippen LogP contribution in [0.25, 0.3) is 21.9 Å². The summed E-state index contributed by atoms with van der Waals surface area (Å²) in [6, 6.07) is 35.0. The third-order valence-corrected chi connectivity index (χ3v) is 13.8. The summed E-state index contributed by atoms with van der Waals surface area (Å²) < 4.78 is 53.7. The number of para-hydroxylation sites is 2. The Morgan fingerprint density at radius 2 is 0.957 bits per heavy atom. The number of benzene rings is 6. The van der Waals surface area contributed by atoms with Crippen LogP contribution in [0.4, 0.5) is 0 Å². The van der Waals surface area contributed by atoms with Gasteiger partial charge in [0, 0.05) is 45.0 Å². The molecule has 7 rings (SSSR count). The largest absolute Gasteiger partial charge is 0.530 e. The highest BCUT2D eigenvalue weighted by atomic mass is 31.2. The van der Waals surface area contributed by atoms with Crippen molar-refractivity contribution in [2.75, 3.05) is 14.2 Å². The number of ether oxygens (including phenoxy) is 2. The van der Waals surface area contributed by atoms with Crippen molar-refractivity contribution in [2.45, 2.75) is 118 Å². The van der Waals surface area contributed by atoms with E-state index in [9.17, 15) is 10.2 Å². The fourth-order valence-electron chi connectivity index (χ4n) is 8.27. The SMILES string of the molecule is COc1cc(Cc2cc(OC)cc(C(C)(C)C)c2OP(Oc2ccccc2)Oc2ccccc2)c(Op2oc3c(C(C)(C)C)cc(CO)cc3c3cc(CO)cc(C(C)(C)C)c3o2)c(CC(C)C)c1. The predicted octanol–water partition coefficient (Wildman–Crippen LogP) is 15.6. The van der Waals surface area contributed by atoms with Crippen LogP contribution in [-0.4, -0.2) is 24.4 Å². The van der Waals surface area contributed by atoms with Gasteiger partial charge in [-0.25, -0.2) is 0 Å². The molecule has 0 fully saturated rings. The number of hydrogen-bond acceptors (Lipinski definition) is 10. The van der Waals surface area contributed by atoms with Crippen LogP contribution in [0, 0.1) is 5.92 Å². The van der Waals surface area contributed by atoms with E-state index in [1.165, 1.54) is 0 Å². The lowest BCUT2D eigenvalue weighted by Gasteiger charge is -2.28. The fourth-order valence-corrected chi connectivity index (χ4v) is 10.5. The third-order valence-electron chi connectivity index (χ3n) is 11.7. The molecule has 0 aliphatic carbocycles. The molecule has 1 aromatic heterocycles. The normalized spacial score (nSPS) is 12.2. The Morgan fingerprint density at radius 1 is 0.522 bits per heavy atom. The van der Waals surface area contributed by atoms with Gasteiger partial charge in [0.25, 0.3) is 0 Å². The van der Waals surface area contributed by atoms with Crippen molar-refractivity contribution in [3.05, 3.63) is 154 Å². The van der Waals surface area contributed by atoms with Crippen LogP contribution in [0.2, 0.25) is 0 Å². The molecular formula is C57H68O10P2. The van der Waals surface area contributed by atoms with Crippen LogP contribution >= 0.6 is 16.8 Å². The minimum absolute atomic E-state index is 0.164. The molecule has 0 bridgehead atoms. The molecule has 69 heavy (non-hydrogen) atoms. The van der Waals surface area contributed by atoms with E-state index in [1.807, 2.05) is 109 Å². The zero-order chi connectivity index (χ0) is 49.8. The van der Waals surface area contributed by atoms with Crippen LogP contribution in [0.15, 0.2) is 118 Å². The highest BCUT2D eigenvalue weighted by molar-refractivity contribution is 7.43. The Kier molecular flexibility index (Phi) is 15.7. The van der Waals surface area contributed by atoms with E-state index in [2.05, 4.69) is 76.2 Å². The van der Waals surface area contributed by atoms with Gasteiger partial charge in [-0.1, -0.05) is 113 Å². The van der Waals surface area contributed by atoms with Crippen molar-refractivity contribution in [1.82, 2.24) is 0 Å². The van der Waals surface area contributed by atoms with Gasteiger partial charge in [-0.15, -0.1) is 0 Å². The Hall–Kier alpha value is -5.63. The summed E-state index contributed by atoms with van der Waals surface area (Å²) in [6.07, 6.45) is 0.968. The lowest BCUT2D eigenvalue weighted by molar-refractivity contribution is 0.281. The Labute approximate surface area is 410 Å². The standard InChI is InChI=1S/C57H68O10P2/c1-36(2)24-39-30-44(60-12)31-40(29-41-32-45(61-13)33-50(57(9,10)11)52(41)65-68(62-42-20-16-14-17-21-42)63-43-22-18-15-19-23-43)51(39)64-69-66-53-46(25-37(34-58)27-48(53)55(3,4)5)47-26-38(35-59)28-49(54(47)67-69)56(6,7)8/h14-23,25-28,30-33,36,58-59H,24,29,34-35H2,1-13H3. The zero-order valence-corrected chi connectivity index (χ0v) is 44.1. The van der Waals surface area contributed by atoms with Gasteiger partial charge in [0.2, 0.25) is 0 Å². The van der Waals surface area contributed by atoms with Crippen molar-refractivity contribution in [3.8, 4) is 34.5 Å². The van der Waals surface area contributed by atoms with E-state index in [1.54, 1.807) is 14.2 Å². The second-order valence-corrected chi connectivity index (χ2v) is 22.9. The summed E-state index contributed by atoms with van der Waals surface area (Å²) in [5.74, 6) is 3.97. The maximum atomic E-state index is 10.6. The van der Waals surface area contributed by atoms with E-state index in [0.717, 1.165) is 55.3 Å². The van der Waals surface area contributed by atoms with Gasteiger partial charge in [-0.2, -0.15) is 0 Å². The Balaban J connectivity index is 1.50. The van der Waals surface area contributed by atoms with Crippen molar-refractivity contribution in [1.29, 1.82) is 0 Å². The summed E-state index contributed by atoms with van der Waals surface area (Å²) in [7, 11) is -0.938. The number of aliphatic hydroxyl groups is 2. The maximum absolute atomic E-state index is 10.6. The maximum Gasteiger partial charge on any atom is 0.530 e. The van der Waals surface area contributed by atoms with Gasteiger partial charge in [-0.05, 0) is 118 Å². The molecule has 2 N–H and O–H groups in total. The lowest BCUT2D eigenvalue weighted by Crippen LogP contribution is -2.16. The van der Waals surface area contributed by atoms with E-state index in [-0.39, 0.29) is 19.1 Å². The quantitative estimate of drug-likeness (QED) is 0.0905. The molecule has 1 heterocycles. The first-order chi connectivity index (χ1) is 32.7. The summed E-state index contributed by atoms with van der Waals surface area (Å²) in [5.41, 5.74) is 6.65. The van der Waals surface area contributed by atoms with Gasteiger partial charge in [0.15, 0.2) is 0 Å². The van der Waals surface area contributed by atoms with Crippen LogP contribution in [0.5, 0.6) is 34.5 Å². The molecule has 0 saturated carbocycles. The molecule has 0 aliphatic heterocycles. The molecule has 366 valence electrons. The number of rotatable bonds is 16. The van der Waals surface area contributed by atoms with E-state index in [0.29, 0.717) is 58.5 Å². The predicted molar refractivity (Wildman–Crippen MR) is 279 cm³/mol. The highest BCUT2D eigenvalue weighted by Crippen LogP contribution is 2.50. The van der Waals surface area contributed by atoms with Crippen molar-refractivity contribution in [2.24, 2.45) is 5.92 Å². The van der Waals surface area contributed by atoms with Crippen LogP contribution in [-0.2, 0) is 42.3 Å². The molecule has 0 saturated heterocycles. The molecule has 0 amide bonds. The molecule has 7 aromatic rings. The number of fused-ring (bicyclic) bond motifs is 3. The van der Waals surface area contributed by atoms with Crippen LogP contribution in [0.3, 0.4) is 0 Å². The summed E-state index contributed by atoms with van der Waals surface area (Å²) in [6.45, 7) is 23.2. The molecule has 0 spiro atoms. The van der Waals surface area contributed by atoms with Crippen molar-refractivity contribution >= 4 is 38.8 Å². The molecule has 0 aliphatic rings. The molecule has 10 nitrogen and oxygen atoms in total.